The van der Waals surface area contributed by atoms with Gasteiger partial charge in [0.15, 0.2) is 0 Å². The monoisotopic (exact) mass is 396 g/mol. The molecule has 126 valence electrons. The van der Waals surface area contributed by atoms with Crippen molar-refractivity contribution in [1.29, 1.82) is 0 Å². The zero-order chi connectivity index (χ0) is 17.6. The molecule has 0 unspecified atom stereocenters. The minimum absolute atomic E-state index is 0.156. The van der Waals surface area contributed by atoms with Crippen molar-refractivity contribution in [2.75, 3.05) is 10.7 Å². The second-order valence-electron chi connectivity index (χ2n) is 5.24. The molecule has 0 saturated heterocycles. The summed E-state index contributed by atoms with van der Waals surface area (Å²) in [6.45, 7) is 0. The maximum Gasteiger partial charge on any atom is 0.0989 e. The molecule has 0 radical (unpaired) electrons. The molecular formula is C19H15BrN3O2-. The van der Waals surface area contributed by atoms with Gasteiger partial charge in [-0.05, 0) is 30.3 Å². The molecule has 0 amide bonds. The third-order valence-corrected chi connectivity index (χ3v) is 4.25. The summed E-state index contributed by atoms with van der Waals surface area (Å²) in [7, 11) is 0. The highest BCUT2D eigenvalue weighted by molar-refractivity contribution is 9.10. The Labute approximate surface area is 153 Å². The van der Waals surface area contributed by atoms with Gasteiger partial charge in [-0.15, -0.1) is 0 Å². The van der Waals surface area contributed by atoms with E-state index in [0.717, 1.165) is 21.3 Å². The third-order valence-electron chi connectivity index (χ3n) is 3.56. The van der Waals surface area contributed by atoms with Gasteiger partial charge >= 0.3 is 0 Å². The summed E-state index contributed by atoms with van der Waals surface area (Å²) in [5, 5.41) is 24.1. The molecule has 3 aromatic carbocycles. The van der Waals surface area contributed by atoms with Crippen LogP contribution in [0.15, 0.2) is 88.4 Å². The van der Waals surface area contributed by atoms with E-state index in [1.165, 1.54) is 12.1 Å². The number of nitrogens with zero attached hydrogens (tertiary/aromatic N) is 2. The van der Waals surface area contributed by atoms with Gasteiger partial charge in [0, 0.05) is 15.6 Å². The van der Waals surface area contributed by atoms with Crippen molar-refractivity contribution in [3.8, 4) is 0 Å². The van der Waals surface area contributed by atoms with E-state index in [9.17, 15) is 5.21 Å². The van der Waals surface area contributed by atoms with Gasteiger partial charge in [0.1, 0.15) is 0 Å². The highest BCUT2D eigenvalue weighted by Gasteiger charge is 2.10. The Kier molecular flexibility index (Phi) is 5.45. The Bertz CT molecular complexity index is 865. The van der Waals surface area contributed by atoms with Gasteiger partial charge < -0.3 is 10.4 Å². The van der Waals surface area contributed by atoms with E-state index in [0.29, 0.717) is 5.69 Å². The van der Waals surface area contributed by atoms with Crippen LogP contribution in [-0.4, -0.2) is 10.9 Å². The first-order valence-electron chi connectivity index (χ1n) is 7.55. The molecule has 0 heterocycles. The number of halogens is 1. The lowest BCUT2D eigenvalue weighted by Gasteiger charge is -2.21. The molecule has 0 spiro atoms. The van der Waals surface area contributed by atoms with Crippen molar-refractivity contribution in [2.24, 2.45) is 5.10 Å². The van der Waals surface area contributed by atoms with Crippen molar-refractivity contribution in [3.05, 3.63) is 99.7 Å². The molecule has 0 aliphatic carbocycles. The molecule has 0 fully saturated rings. The lowest BCUT2D eigenvalue weighted by atomic mass is 10.0. The minimum Gasteiger partial charge on any atom is -0.733 e. The first-order chi connectivity index (χ1) is 12.1. The van der Waals surface area contributed by atoms with Crippen molar-refractivity contribution in [1.82, 2.24) is 0 Å². The van der Waals surface area contributed by atoms with Gasteiger partial charge in [-0.1, -0.05) is 64.5 Å². The summed E-state index contributed by atoms with van der Waals surface area (Å²) in [4.78, 5) is 0. The second-order valence-corrected chi connectivity index (χ2v) is 6.09. The van der Waals surface area contributed by atoms with E-state index < -0.39 is 0 Å². The standard InChI is InChI=1S/C19H15BrN3O2/c20-18-9-5-4-8-17(18)19(14-6-2-1-3-7-14)22-21-15-10-12-16(13-11-15)23(24)25/h1-13,21,24H/q-1. The third kappa shape index (κ3) is 4.24. The second kappa shape index (κ2) is 7.94. The fourth-order valence-electron chi connectivity index (χ4n) is 2.31. The van der Waals surface area contributed by atoms with Crippen LogP contribution in [0.5, 0.6) is 0 Å². The number of benzene rings is 3. The normalized spacial score (nSPS) is 11.2. The smallest absolute Gasteiger partial charge is 0.0989 e. The number of hydrogen-bond donors (Lipinski definition) is 2. The van der Waals surface area contributed by atoms with Gasteiger partial charge in [0.05, 0.1) is 17.1 Å². The van der Waals surface area contributed by atoms with Gasteiger partial charge in [0.2, 0.25) is 0 Å². The van der Waals surface area contributed by atoms with Crippen molar-refractivity contribution < 1.29 is 5.21 Å². The van der Waals surface area contributed by atoms with Gasteiger partial charge in [-0.25, -0.2) is 0 Å². The summed E-state index contributed by atoms with van der Waals surface area (Å²) < 4.78 is 0.942. The SMILES string of the molecule is [O-]N(O)c1ccc(NN=C(c2ccccc2)c2ccccc2Br)cc1. The first kappa shape index (κ1) is 17.2. The first-order valence-corrected chi connectivity index (χ1v) is 8.34. The van der Waals surface area contributed by atoms with Crippen LogP contribution in [-0.2, 0) is 0 Å². The van der Waals surface area contributed by atoms with Gasteiger partial charge in [-0.2, -0.15) is 5.10 Å². The Morgan fingerprint density at radius 1 is 0.920 bits per heavy atom. The molecular weight excluding hydrogens is 382 g/mol. The summed E-state index contributed by atoms with van der Waals surface area (Å²) in [5.41, 5.74) is 6.57. The van der Waals surface area contributed by atoms with Crippen LogP contribution in [0.2, 0.25) is 0 Å². The van der Waals surface area contributed by atoms with E-state index in [-0.39, 0.29) is 10.9 Å². The Morgan fingerprint density at radius 2 is 1.56 bits per heavy atom. The molecule has 0 aliphatic heterocycles. The lowest BCUT2D eigenvalue weighted by molar-refractivity contribution is 0.296. The molecule has 3 rings (SSSR count). The summed E-state index contributed by atoms with van der Waals surface area (Å²) >= 11 is 3.57. The summed E-state index contributed by atoms with van der Waals surface area (Å²) in [6, 6.07) is 24.1. The predicted molar refractivity (Wildman–Crippen MR) is 104 cm³/mol. The molecule has 0 saturated carbocycles. The van der Waals surface area contributed by atoms with E-state index in [2.05, 4.69) is 26.5 Å². The van der Waals surface area contributed by atoms with E-state index in [1.807, 2.05) is 54.6 Å². The number of hydrazone groups is 1. The lowest BCUT2D eigenvalue weighted by Crippen LogP contribution is -2.08. The van der Waals surface area contributed by atoms with Crippen molar-refractivity contribution in [3.63, 3.8) is 0 Å². The van der Waals surface area contributed by atoms with Crippen LogP contribution in [0.25, 0.3) is 0 Å². The predicted octanol–water partition coefficient (Wildman–Crippen LogP) is 5.01. The topological polar surface area (TPSA) is 70.9 Å². The number of anilines is 2. The van der Waals surface area contributed by atoms with Crippen LogP contribution < -0.4 is 10.7 Å². The minimum atomic E-state index is -0.177. The van der Waals surface area contributed by atoms with Crippen molar-refractivity contribution >= 4 is 33.0 Å². The molecule has 2 N–H and O–H groups in total. The number of hydrogen-bond acceptors (Lipinski definition) is 5. The molecule has 3 aromatic rings. The highest BCUT2D eigenvalue weighted by Crippen LogP contribution is 2.21. The maximum atomic E-state index is 10.8. The zero-order valence-corrected chi connectivity index (χ0v) is 14.7. The Balaban J connectivity index is 1.94. The fraction of sp³-hybridized carbons (Fsp3) is 0. The van der Waals surface area contributed by atoms with Crippen LogP contribution in [0.1, 0.15) is 11.1 Å². The largest absolute Gasteiger partial charge is 0.733 e. The number of rotatable bonds is 5. The quantitative estimate of drug-likeness (QED) is 0.469. The maximum absolute atomic E-state index is 10.8. The molecule has 0 aromatic heterocycles. The van der Waals surface area contributed by atoms with E-state index in [4.69, 9.17) is 5.21 Å². The molecule has 25 heavy (non-hydrogen) atoms. The van der Waals surface area contributed by atoms with Crippen LogP contribution in [0, 0.1) is 5.21 Å². The number of nitrogens with one attached hydrogen (secondary N) is 1. The van der Waals surface area contributed by atoms with Crippen LogP contribution in [0.4, 0.5) is 11.4 Å². The average molecular weight is 397 g/mol. The molecule has 0 aliphatic rings. The Hall–Kier alpha value is -2.67. The molecule has 0 bridgehead atoms. The zero-order valence-electron chi connectivity index (χ0n) is 13.1. The van der Waals surface area contributed by atoms with E-state index >= 15 is 0 Å². The molecule has 0 atom stereocenters. The van der Waals surface area contributed by atoms with Gasteiger partial charge in [-0.3, -0.25) is 10.6 Å². The highest BCUT2D eigenvalue weighted by atomic mass is 79.9. The average Bonchev–Trinajstić information content (AvgIpc) is 2.64. The van der Waals surface area contributed by atoms with Crippen LogP contribution in [0.3, 0.4) is 0 Å². The van der Waals surface area contributed by atoms with Crippen LogP contribution >= 0.6 is 15.9 Å². The van der Waals surface area contributed by atoms with Crippen molar-refractivity contribution in [2.45, 2.75) is 0 Å². The Morgan fingerprint density at radius 3 is 2.20 bits per heavy atom. The summed E-state index contributed by atoms with van der Waals surface area (Å²) in [5.74, 6) is 0. The van der Waals surface area contributed by atoms with E-state index in [1.54, 1.807) is 12.1 Å². The van der Waals surface area contributed by atoms with Gasteiger partial charge in [0.25, 0.3) is 0 Å². The summed E-state index contributed by atoms with van der Waals surface area (Å²) in [6.07, 6.45) is 0. The molecule has 6 heteroatoms. The molecule has 5 nitrogen and oxygen atoms in total. The fourth-order valence-corrected chi connectivity index (χ4v) is 2.79.